The van der Waals surface area contributed by atoms with Crippen molar-refractivity contribution in [1.82, 2.24) is 10.6 Å². The number of carbonyl (C=O) groups is 3. The molecule has 7 nitrogen and oxygen atoms in total. The molecule has 30 heavy (non-hydrogen) atoms. The van der Waals surface area contributed by atoms with Crippen molar-refractivity contribution in [3.63, 3.8) is 0 Å². The lowest BCUT2D eigenvalue weighted by Crippen LogP contribution is -2.55. The Morgan fingerprint density at radius 3 is 2.27 bits per heavy atom. The average Bonchev–Trinajstić information content (AvgIpc) is 3.18. The van der Waals surface area contributed by atoms with Crippen LogP contribution in [0.25, 0.3) is 0 Å². The fourth-order valence-corrected chi connectivity index (χ4v) is 4.11. The summed E-state index contributed by atoms with van der Waals surface area (Å²) in [6.07, 6.45) is 4.69. The molecule has 0 aliphatic heterocycles. The van der Waals surface area contributed by atoms with Crippen LogP contribution < -0.4 is 10.6 Å². The molecule has 166 valence electrons. The Bertz CT molecular complexity index is 750. The first-order chi connectivity index (χ1) is 14.1. The van der Waals surface area contributed by atoms with Crippen LogP contribution in [0.15, 0.2) is 24.3 Å². The number of nitrogens with one attached hydrogen (secondary N) is 2. The van der Waals surface area contributed by atoms with Crippen LogP contribution in [0, 0.1) is 0 Å². The molecule has 2 atom stereocenters. The molecule has 1 fully saturated rings. The van der Waals surface area contributed by atoms with Crippen molar-refractivity contribution < 1.29 is 24.6 Å². The smallest absolute Gasteiger partial charge is 0.326 e. The molecule has 1 amide bonds. The van der Waals surface area contributed by atoms with Gasteiger partial charge in [0, 0.05) is 18.4 Å². The molecule has 2 rings (SSSR count). The predicted octanol–water partition coefficient (Wildman–Crippen LogP) is 3.08. The van der Waals surface area contributed by atoms with Crippen LogP contribution in [-0.4, -0.2) is 45.7 Å². The van der Waals surface area contributed by atoms with Crippen molar-refractivity contribution in [3.05, 3.63) is 35.4 Å². The zero-order chi connectivity index (χ0) is 22.3. The molecule has 1 aliphatic carbocycles. The van der Waals surface area contributed by atoms with Crippen molar-refractivity contribution in [2.24, 2.45) is 0 Å². The molecular weight excluding hydrogens is 384 g/mol. The summed E-state index contributed by atoms with van der Waals surface area (Å²) in [4.78, 5) is 35.7. The van der Waals surface area contributed by atoms with Crippen LogP contribution in [-0.2, 0) is 20.8 Å². The Balaban J connectivity index is 2.14. The second kappa shape index (κ2) is 10.6. The second-order valence-corrected chi connectivity index (χ2v) is 9.16. The third-order valence-electron chi connectivity index (χ3n) is 5.46. The number of carboxylic acids is 2. The van der Waals surface area contributed by atoms with E-state index in [2.05, 4.69) is 16.7 Å². The number of hydrogen-bond donors (Lipinski definition) is 4. The largest absolute Gasteiger partial charge is 0.481 e. The lowest BCUT2D eigenvalue weighted by atomic mass is 9.90. The van der Waals surface area contributed by atoms with Gasteiger partial charge >= 0.3 is 11.9 Å². The van der Waals surface area contributed by atoms with Crippen molar-refractivity contribution in [2.45, 2.75) is 89.3 Å². The summed E-state index contributed by atoms with van der Waals surface area (Å²) in [5, 5.41) is 24.5. The van der Waals surface area contributed by atoms with Gasteiger partial charge in [0.05, 0.1) is 6.04 Å². The number of carbonyl (C=O) groups excluding carboxylic acids is 1. The molecule has 1 aromatic carbocycles. The van der Waals surface area contributed by atoms with Crippen LogP contribution >= 0.6 is 0 Å². The van der Waals surface area contributed by atoms with Gasteiger partial charge in [0.15, 0.2) is 0 Å². The van der Waals surface area contributed by atoms with E-state index in [0.29, 0.717) is 5.92 Å². The van der Waals surface area contributed by atoms with E-state index < -0.39 is 35.5 Å². The summed E-state index contributed by atoms with van der Waals surface area (Å²) < 4.78 is 0. The molecule has 0 saturated heterocycles. The number of aliphatic carboxylic acids is 2. The van der Waals surface area contributed by atoms with E-state index in [-0.39, 0.29) is 19.3 Å². The standard InChI is InChI=1S/C23H34N2O5/c1-23(2,3)25-18(12-13-20(26)27)21(28)24-19(22(29)30)14-16-10-6-7-11-17(16)15-8-4-5-9-15/h6-7,10-11,15,18-19,25H,4-5,8-9,12-14H2,1-3H3,(H,24,28)(H,26,27)(H,29,30)/t18-,19-/m0/s1. The van der Waals surface area contributed by atoms with Gasteiger partial charge < -0.3 is 20.8 Å². The van der Waals surface area contributed by atoms with Crippen molar-refractivity contribution >= 4 is 17.8 Å². The van der Waals surface area contributed by atoms with E-state index >= 15 is 0 Å². The zero-order valence-corrected chi connectivity index (χ0v) is 18.1. The minimum Gasteiger partial charge on any atom is -0.481 e. The molecule has 4 N–H and O–H groups in total. The van der Waals surface area contributed by atoms with Gasteiger partial charge in [-0.25, -0.2) is 4.79 Å². The van der Waals surface area contributed by atoms with E-state index in [9.17, 15) is 19.5 Å². The van der Waals surface area contributed by atoms with Crippen molar-refractivity contribution in [3.8, 4) is 0 Å². The Hall–Kier alpha value is -2.41. The first kappa shape index (κ1) is 23.9. The number of hydrogen-bond acceptors (Lipinski definition) is 4. The van der Waals surface area contributed by atoms with Crippen molar-refractivity contribution in [2.75, 3.05) is 0 Å². The summed E-state index contributed by atoms with van der Waals surface area (Å²) in [6.45, 7) is 5.63. The van der Waals surface area contributed by atoms with Gasteiger partial charge in [-0.05, 0) is 57.1 Å². The number of carboxylic acid groups (broad SMARTS) is 2. The Morgan fingerprint density at radius 2 is 1.70 bits per heavy atom. The van der Waals surface area contributed by atoms with Crippen LogP contribution in [0.1, 0.15) is 76.3 Å². The molecular formula is C23H34N2O5. The van der Waals surface area contributed by atoms with Gasteiger partial charge in [-0.1, -0.05) is 37.1 Å². The highest BCUT2D eigenvalue weighted by Gasteiger charge is 2.29. The maximum Gasteiger partial charge on any atom is 0.326 e. The SMILES string of the molecule is CC(C)(C)N[C@@H](CCC(=O)O)C(=O)N[C@@H](Cc1ccccc1C1CCCC1)C(=O)O. The molecule has 0 spiro atoms. The molecule has 0 unspecified atom stereocenters. The number of benzene rings is 1. The Labute approximate surface area is 178 Å². The molecule has 0 bridgehead atoms. The maximum absolute atomic E-state index is 12.8. The van der Waals surface area contributed by atoms with E-state index in [1.165, 1.54) is 18.4 Å². The normalized spacial score (nSPS) is 16.8. The van der Waals surface area contributed by atoms with Crippen molar-refractivity contribution in [1.29, 1.82) is 0 Å². The summed E-state index contributed by atoms with van der Waals surface area (Å²) in [6, 6.07) is 6.00. The summed E-state index contributed by atoms with van der Waals surface area (Å²) >= 11 is 0. The first-order valence-electron chi connectivity index (χ1n) is 10.7. The highest BCUT2D eigenvalue weighted by atomic mass is 16.4. The summed E-state index contributed by atoms with van der Waals surface area (Å²) in [5.41, 5.74) is 1.70. The van der Waals surface area contributed by atoms with Crippen LogP contribution in [0.5, 0.6) is 0 Å². The van der Waals surface area contributed by atoms with Gasteiger partial charge in [0.2, 0.25) is 5.91 Å². The lowest BCUT2D eigenvalue weighted by Gasteiger charge is -2.29. The fourth-order valence-electron chi connectivity index (χ4n) is 4.11. The van der Waals surface area contributed by atoms with Crippen LogP contribution in [0.2, 0.25) is 0 Å². The lowest BCUT2D eigenvalue weighted by molar-refractivity contribution is -0.142. The fraction of sp³-hybridized carbons (Fsp3) is 0.609. The van der Waals surface area contributed by atoms with Gasteiger partial charge in [0.1, 0.15) is 6.04 Å². The summed E-state index contributed by atoms with van der Waals surface area (Å²) in [5.74, 6) is -2.14. The minimum absolute atomic E-state index is 0.0867. The molecule has 0 aromatic heterocycles. The Kier molecular flexibility index (Phi) is 8.41. The monoisotopic (exact) mass is 418 g/mol. The quantitative estimate of drug-likeness (QED) is 0.464. The van der Waals surface area contributed by atoms with Crippen LogP contribution in [0.3, 0.4) is 0 Å². The third kappa shape index (κ3) is 7.44. The maximum atomic E-state index is 12.8. The van der Waals surface area contributed by atoms with Gasteiger partial charge in [-0.2, -0.15) is 0 Å². The number of rotatable bonds is 10. The van der Waals surface area contributed by atoms with E-state index in [4.69, 9.17) is 5.11 Å². The summed E-state index contributed by atoms with van der Waals surface area (Å²) in [7, 11) is 0. The first-order valence-corrected chi connectivity index (χ1v) is 10.7. The van der Waals surface area contributed by atoms with Gasteiger partial charge in [-0.15, -0.1) is 0 Å². The molecule has 1 saturated carbocycles. The minimum atomic E-state index is -1.10. The topological polar surface area (TPSA) is 116 Å². The van der Waals surface area contributed by atoms with E-state index in [1.54, 1.807) is 0 Å². The zero-order valence-electron chi connectivity index (χ0n) is 18.1. The highest BCUT2D eigenvalue weighted by molar-refractivity contribution is 5.87. The second-order valence-electron chi connectivity index (χ2n) is 9.16. The predicted molar refractivity (Wildman–Crippen MR) is 114 cm³/mol. The molecule has 1 aliphatic rings. The molecule has 1 aromatic rings. The van der Waals surface area contributed by atoms with Crippen LogP contribution in [0.4, 0.5) is 0 Å². The molecule has 0 heterocycles. The van der Waals surface area contributed by atoms with Gasteiger partial charge in [-0.3, -0.25) is 9.59 Å². The molecule has 0 radical (unpaired) electrons. The number of amides is 1. The third-order valence-corrected chi connectivity index (χ3v) is 5.46. The molecule has 7 heteroatoms. The highest BCUT2D eigenvalue weighted by Crippen LogP contribution is 2.36. The van der Waals surface area contributed by atoms with E-state index in [1.807, 2.05) is 39.0 Å². The van der Waals surface area contributed by atoms with Gasteiger partial charge in [0.25, 0.3) is 0 Å². The van der Waals surface area contributed by atoms with E-state index in [0.717, 1.165) is 18.4 Å². The Morgan fingerprint density at radius 1 is 1.07 bits per heavy atom. The average molecular weight is 419 g/mol.